The first-order valence-electron chi connectivity index (χ1n) is 12.6. The van der Waals surface area contributed by atoms with E-state index in [4.69, 9.17) is 27.9 Å². The number of esters is 1. The van der Waals surface area contributed by atoms with E-state index in [-0.39, 0.29) is 31.1 Å². The van der Waals surface area contributed by atoms with Crippen molar-refractivity contribution in [3.05, 3.63) is 57.7 Å². The lowest BCUT2D eigenvalue weighted by molar-refractivity contribution is -0.139. The lowest BCUT2D eigenvalue weighted by Crippen LogP contribution is -2.56. The summed E-state index contributed by atoms with van der Waals surface area (Å²) in [6.45, 7) is 14.1. The molecule has 10 heteroatoms. The zero-order chi connectivity index (χ0) is 27.3. The highest BCUT2D eigenvalue weighted by atomic mass is 35.5. The average molecular weight is 552 g/mol. The molecular weight excluding hydrogens is 515 g/mol. The van der Waals surface area contributed by atoms with Gasteiger partial charge < -0.3 is 15.0 Å². The predicted octanol–water partition coefficient (Wildman–Crippen LogP) is 4.64. The summed E-state index contributed by atoms with van der Waals surface area (Å²) in [4.78, 5) is 44.9. The minimum absolute atomic E-state index is 0.00146. The Balaban J connectivity index is 2.00. The summed E-state index contributed by atoms with van der Waals surface area (Å²) in [6, 6.07) is 3.78. The number of hydrogen-bond donors (Lipinski definition) is 1. The molecule has 1 saturated heterocycles. The van der Waals surface area contributed by atoms with Gasteiger partial charge in [0.25, 0.3) is 0 Å². The van der Waals surface area contributed by atoms with Crippen molar-refractivity contribution in [2.75, 3.05) is 39.3 Å². The van der Waals surface area contributed by atoms with Gasteiger partial charge in [-0.05, 0) is 37.5 Å². The van der Waals surface area contributed by atoms with E-state index in [1.54, 1.807) is 31.2 Å². The summed E-state index contributed by atoms with van der Waals surface area (Å²) in [5.74, 6) is -0.0856. The number of urea groups is 1. The molecule has 0 spiro atoms. The fraction of sp³-hybridized carbons (Fsp3) is 0.519. The van der Waals surface area contributed by atoms with Gasteiger partial charge in [0.1, 0.15) is 0 Å². The van der Waals surface area contributed by atoms with Crippen LogP contribution in [0.5, 0.6) is 0 Å². The van der Waals surface area contributed by atoms with Gasteiger partial charge in [-0.2, -0.15) is 0 Å². The second kappa shape index (κ2) is 12.8. The number of nitrogens with one attached hydrogen (secondary N) is 1. The smallest absolute Gasteiger partial charge is 0.338 e. The second-order valence-electron chi connectivity index (χ2n) is 9.80. The van der Waals surface area contributed by atoms with Gasteiger partial charge in [-0.15, -0.1) is 6.58 Å². The molecule has 0 saturated carbocycles. The molecule has 2 unspecified atom stereocenters. The molecular formula is C27H36Cl2N4O4. The Hall–Kier alpha value is -2.55. The molecule has 1 aromatic carbocycles. The third kappa shape index (κ3) is 6.86. The second-order valence-corrected chi connectivity index (χ2v) is 10.6. The molecule has 2 atom stereocenters. The SMILES string of the molecule is C=CCN1C(=O)NC(c2ccc(Cl)cc2Cl)C(C(=O)OCC)=C1CN1CCN(C(=O)CC(C)C)C(C)C1. The molecule has 1 aromatic rings. The number of carbonyl (C=O) groups excluding carboxylic acids is 3. The van der Waals surface area contributed by atoms with Gasteiger partial charge in [0.05, 0.1) is 18.2 Å². The Labute approximate surface area is 229 Å². The molecule has 0 bridgehead atoms. The van der Waals surface area contributed by atoms with Gasteiger partial charge in [-0.25, -0.2) is 9.59 Å². The van der Waals surface area contributed by atoms with Crippen molar-refractivity contribution in [2.24, 2.45) is 5.92 Å². The Kier molecular flexibility index (Phi) is 10.0. The maximum absolute atomic E-state index is 13.4. The van der Waals surface area contributed by atoms with Crippen LogP contribution in [0.25, 0.3) is 0 Å². The molecule has 202 valence electrons. The largest absolute Gasteiger partial charge is 0.463 e. The lowest BCUT2D eigenvalue weighted by Gasteiger charge is -2.43. The number of nitrogens with zero attached hydrogens (tertiary/aromatic N) is 3. The third-order valence-electron chi connectivity index (χ3n) is 6.51. The highest BCUT2D eigenvalue weighted by Gasteiger charge is 2.40. The lowest BCUT2D eigenvalue weighted by atomic mass is 9.93. The van der Waals surface area contributed by atoms with Crippen LogP contribution in [0.15, 0.2) is 42.1 Å². The fourth-order valence-corrected chi connectivity index (χ4v) is 5.36. The molecule has 2 aliphatic rings. The number of piperazine rings is 1. The van der Waals surface area contributed by atoms with Gasteiger partial charge in [0.15, 0.2) is 0 Å². The van der Waals surface area contributed by atoms with E-state index in [9.17, 15) is 14.4 Å². The number of hydrogen-bond acceptors (Lipinski definition) is 5. The number of ether oxygens (including phenoxy) is 1. The normalized spacial score (nSPS) is 20.8. The molecule has 2 aliphatic heterocycles. The summed E-state index contributed by atoms with van der Waals surface area (Å²) >= 11 is 12.6. The van der Waals surface area contributed by atoms with Crippen LogP contribution in [-0.4, -0.2) is 78.0 Å². The summed E-state index contributed by atoms with van der Waals surface area (Å²) in [6.07, 6.45) is 2.13. The summed E-state index contributed by atoms with van der Waals surface area (Å²) in [5, 5.41) is 3.70. The molecule has 3 amide bonds. The minimum Gasteiger partial charge on any atom is -0.463 e. The van der Waals surface area contributed by atoms with E-state index in [1.807, 2.05) is 25.7 Å². The fourth-order valence-electron chi connectivity index (χ4n) is 4.84. The van der Waals surface area contributed by atoms with Crippen molar-refractivity contribution in [1.82, 2.24) is 20.0 Å². The zero-order valence-electron chi connectivity index (χ0n) is 21.9. The standard InChI is InChI=1S/C27H36Cl2N4O4/c1-6-10-33-22(16-31-11-12-32(18(5)15-31)23(34)13-17(3)4)24(26(35)37-7-2)25(30-27(33)36)20-9-8-19(28)14-21(20)29/h6,8-9,14,17-18,25H,1,7,10-13,15-16H2,2-5H3,(H,30,36). The zero-order valence-corrected chi connectivity index (χ0v) is 23.4. The third-order valence-corrected chi connectivity index (χ3v) is 7.07. The molecule has 1 fully saturated rings. The Morgan fingerprint density at radius 2 is 2.00 bits per heavy atom. The Morgan fingerprint density at radius 3 is 2.59 bits per heavy atom. The predicted molar refractivity (Wildman–Crippen MR) is 145 cm³/mol. The van der Waals surface area contributed by atoms with Crippen molar-refractivity contribution in [2.45, 2.75) is 46.2 Å². The van der Waals surface area contributed by atoms with Gasteiger partial charge >= 0.3 is 12.0 Å². The van der Waals surface area contributed by atoms with E-state index in [1.165, 1.54) is 4.90 Å². The molecule has 1 N–H and O–H groups in total. The van der Waals surface area contributed by atoms with Crippen LogP contribution >= 0.6 is 23.2 Å². The van der Waals surface area contributed by atoms with Gasteiger partial charge in [-0.1, -0.05) is 49.2 Å². The van der Waals surface area contributed by atoms with Crippen molar-refractivity contribution < 1.29 is 19.1 Å². The molecule has 3 rings (SSSR count). The van der Waals surface area contributed by atoms with Gasteiger partial charge in [0, 0.05) is 60.9 Å². The Morgan fingerprint density at radius 1 is 1.27 bits per heavy atom. The summed E-state index contributed by atoms with van der Waals surface area (Å²) < 4.78 is 5.44. The molecule has 8 nitrogen and oxygen atoms in total. The topological polar surface area (TPSA) is 82.2 Å². The van der Waals surface area contributed by atoms with Crippen molar-refractivity contribution >= 4 is 41.1 Å². The van der Waals surface area contributed by atoms with Crippen molar-refractivity contribution in [3.63, 3.8) is 0 Å². The number of carbonyl (C=O) groups is 3. The molecule has 0 radical (unpaired) electrons. The van der Waals surface area contributed by atoms with E-state index in [2.05, 4.69) is 16.8 Å². The van der Waals surface area contributed by atoms with Crippen LogP contribution in [0.1, 0.15) is 45.7 Å². The van der Waals surface area contributed by atoms with Gasteiger partial charge in [-0.3, -0.25) is 14.6 Å². The van der Waals surface area contributed by atoms with E-state index < -0.39 is 12.0 Å². The van der Waals surface area contributed by atoms with Crippen LogP contribution in [0.2, 0.25) is 10.0 Å². The van der Waals surface area contributed by atoms with E-state index in [0.717, 1.165) is 0 Å². The van der Waals surface area contributed by atoms with Crippen LogP contribution in [0, 0.1) is 5.92 Å². The number of halogens is 2. The first-order valence-corrected chi connectivity index (χ1v) is 13.4. The maximum Gasteiger partial charge on any atom is 0.338 e. The van der Waals surface area contributed by atoms with Gasteiger partial charge in [0.2, 0.25) is 5.91 Å². The molecule has 0 aromatic heterocycles. The molecule has 37 heavy (non-hydrogen) atoms. The first-order chi connectivity index (χ1) is 17.6. The average Bonchev–Trinajstić information content (AvgIpc) is 2.81. The van der Waals surface area contributed by atoms with Crippen molar-refractivity contribution in [3.8, 4) is 0 Å². The molecule has 0 aliphatic carbocycles. The van der Waals surface area contributed by atoms with Crippen LogP contribution in [-0.2, 0) is 14.3 Å². The molecule has 2 heterocycles. The number of benzene rings is 1. The quantitative estimate of drug-likeness (QED) is 0.357. The van der Waals surface area contributed by atoms with Crippen molar-refractivity contribution in [1.29, 1.82) is 0 Å². The first kappa shape index (κ1) is 29.0. The van der Waals surface area contributed by atoms with Crippen LogP contribution in [0.3, 0.4) is 0 Å². The number of rotatable bonds is 9. The Bertz CT molecular complexity index is 1070. The number of amides is 3. The van der Waals surface area contributed by atoms with E-state index in [0.29, 0.717) is 65.4 Å². The summed E-state index contributed by atoms with van der Waals surface area (Å²) in [5.41, 5.74) is 1.40. The van der Waals surface area contributed by atoms with E-state index >= 15 is 0 Å². The highest BCUT2D eigenvalue weighted by Crippen LogP contribution is 2.36. The van der Waals surface area contributed by atoms with Crippen LogP contribution in [0.4, 0.5) is 4.79 Å². The minimum atomic E-state index is -0.807. The van der Waals surface area contributed by atoms with Crippen LogP contribution < -0.4 is 5.32 Å². The highest BCUT2D eigenvalue weighted by molar-refractivity contribution is 6.35. The maximum atomic E-state index is 13.4. The summed E-state index contributed by atoms with van der Waals surface area (Å²) in [7, 11) is 0. The monoisotopic (exact) mass is 550 g/mol.